The summed E-state index contributed by atoms with van der Waals surface area (Å²) in [6.45, 7) is 4.55. The fourth-order valence-electron chi connectivity index (χ4n) is 2.64. The molecule has 27 heavy (non-hydrogen) atoms. The molecule has 0 radical (unpaired) electrons. The van der Waals surface area contributed by atoms with Crippen molar-refractivity contribution in [2.45, 2.75) is 26.2 Å². The van der Waals surface area contributed by atoms with Crippen molar-refractivity contribution in [2.75, 3.05) is 26.7 Å². The summed E-state index contributed by atoms with van der Waals surface area (Å²) in [5.74, 6) is 0.761. The molecule has 6 nitrogen and oxygen atoms in total. The molecular formula is C20H29BrN4O2. The fraction of sp³-hybridized carbons (Fsp3) is 0.450. The van der Waals surface area contributed by atoms with Gasteiger partial charge in [0.15, 0.2) is 5.96 Å². The van der Waals surface area contributed by atoms with E-state index in [-0.39, 0.29) is 13.2 Å². The molecule has 0 saturated carbocycles. The lowest BCUT2D eigenvalue weighted by Gasteiger charge is -2.22. The maximum atomic E-state index is 10.2. The van der Waals surface area contributed by atoms with Crippen molar-refractivity contribution in [3.63, 3.8) is 0 Å². The zero-order chi connectivity index (χ0) is 19.6. The van der Waals surface area contributed by atoms with E-state index in [1.54, 1.807) is 0 Å². The lowest BCUT2D eigenvalue weighted by atomic mass is 10.2. The molecule has 1 aromatic heterocycles. The van der Waals surface area contributed by atoms with Gasteiger partial charge >= 0.3 is 0 Å². The number of guanidine groups is 1. The molecule has 0 saturated heterocycles. The summed E-state index contributed by atoms with van der Waals surface area (Å²) < 4.78 is 8.72. The van der Waals surface area contributed by atoms with Crippen LogP contribution in [0.15, 0.2) is 52.1 Å². The number of hydrogen-bond acceptors (Lipinski definition) is 3. The van der Waals surface area contributed by atoms with Crippen molar-refractivity contribution >= 4 is 21.9 Å². The third kappa shape index (κ3) is 7.36. The highest BCUT2D eigenvalue weighted by Gasteiger charge is 2.11. The van der Waals surface area contributed by atoms with Crippen LogP contribution in [0.5, 0.6) is 0 Å². The number of halogens is 1. The van der Waals surface area contributed by atoms with Crippen molar-refractivity contribution in [3.05, 3.63) is 58.3 Å². The molecular weight excluding hydrogens is 408 g/mol. The van der Waals surface area contributed by atoms with Crippen LogP contribution in [0.4, 0.5) is 0 Å². The van der Waals surface area contributed by atoms with E-state index < -0.39 is 6.10 Å². The minimum absolute atomic E-state index is 0.256. The lowest BCUT2D eigenvalue weighted by Crippen LogP contribution is -2.39. The second kappa shape index (κ2) is 11.1. The van der Waals surface area contributed by atoms with Gasteiger partial charge in [-0.15, -0.1) is 0 Å². The van der Waals surface area contributed by atoms with E-state index in [0.29, 0.717) is 13.2 Å². The second-order valence-corrected chi connectivity index (χ2v) is 7.38. The van der Waals surface area contributed by atoms with E-state index in [2.05, 4.69) is 36.9 Å². The van der Waals surface area contributed by atoms with Gasteiger partial charge in [-0.2, -0.15) is 0 Å². The zero-order valence-corrected chi connectivity index (χ0v) is 17.8. The zero-order valence-electron chi connectivity index (χ0n) is 16.2. The minimum Gasteiger partial charge on any atom is -0.389 e. The summed E-state index contributed by atoms with van der Waals surface area (Å²) in [5, 5.41) is 13.4. The molecule has 0 amide bonds. The maximum absolute atomic E-state index is 10.2. The Bertz CT molecular complexity index is 718. The van der Waals surface area contributed by atoms with Crippen molar-refractivity contribution in [1.29, 1.82) is 0 Å². The first-order chi connectivity index (χ1) is 13.0. The topological polar surface area (TPSA) is 62.0 Å². The van der Waals surface area contributed by atoms with Gasteiger partial charge in [0, 0.05) is 37.0 Å². The lowest BCUT2D eigenvalue weighted by molar-refractivity contribution is 0.0330. The fourth-order valence-corrected chi connectivity index (χ4v) is 3.21. The molecule has 2 rings (SSSR count). The molecule has 0 aliphatic heterocycles. The molecule has 7 heteroatoms. The van der Waals surface area contributed by atoms with Gasteiger partial charge in [0.1, 0.15) is 0 Å². The highest BCUT2D eigenvalue weighted by molar-refractivity contribution is 9.10. The Hall–Kier alpha value is -1.83. The van der Waals surface area contributed by atoms with Crippen molar-refractivity contribution < 1.29 is 9.84 Å². The van der Waals surface area contributed by atoms with E-state index in [0.717, 1.165) is 22.5 Å². The minimum atomic E-state index is -0.639. The van der Waals surface area contributed by atoms with E-state index in [1.165, 1.54) is 5.69 Å². The molecule has 1 aromatic carbocycles. The van der Waals surface area contributed by atoms with Gasteiger partial charge in [-0.05, 0) is 34.5 Å². The summed E-state index contributed by atoms with van der Waals surface area (Å²) >= 11 is 3.50. The summed E-state index contributed by atoms with van der Waals surface area (Å²) in [7, 11) is 4.01. The van der Waals surface area contributed by atoms with Gasteiger partial charge in [0.05, 0.1) is 32.4 Å². The van der Waals surface area contributed by atoms with Gasteiger partial charge in [0.2, 0.25) is 0 Å². The number of aryl methyl sites for hydroxylation is 1. The van der Waals surface area contributed by atoms with Crippen LogP contribution in [-0.2, 0) is 24.9 Å². The number of aliphatic imine (C=N–C) groups is 1. The van der Waals surface area contributed by atoms with Gasteiger partial charge in [-0.3, -0.25) is 4.99 Å². The molecule has 1 heterocycles. The van der Waals surface area contributed by atoms with Gasteiger partial charge in [0.25, 0.3) is 0 Å². The van der Waals surface area contributed by atoms with Crippen molar-refractivity contribution in [3.8, 4) is 0 Å². The van der Waals surface area contributed by atoms with Crippen molar-refractivity contribution in [1.82, 2.24) is 14.8 Å². The average molecular weight is 437 g/mol. The number of aromatic nitrogens is 1. The number of aliphatic hydroxyl groups excluding tert-OH is 1. The highest BCUT2D eigenvalue weighted by Crippen LogP contribution is 2.15. The van der Waals surface area contributed by atoms with Crippen molar-refractivity contribution in [2.24, 2.45) is 12.0 Å². The summed E-state index contributed by atoms with van der Waals surface area (Å²) in [6.07, 6.45) is 1.39. The Balaban J connectivity index is 1.84. The smallest absolute Gasteiger partial charge is 0.194 e. The molecule has 1 unspecified atom stereocenters. The van der Waals surface area contributed by atoms with Crippen LogP contribution in [0.1, 0.15) is 18.2 Å². The predicted molar refractivity (Wildman–Crippen MR) is 113 cm³/mol. The Kier molecular flexibility index (Phi) is 8.84. The Morgan fingerprint density at radius 3 is 2.74 bits per heavy atom. The normalized spacial score (nSPS) is 12.9. The van der Waals surface area contributed by atoms with Gasteiger partial charge in [-0.1, -0.05) is 30.3 Å². The summed E-state index contributed by atoms with van der Waals surface area (Å²) in [6, 6.07) is 12.0. The van der Waals surface area contributed by atoms with E-state index >= 15 is 0 Å². The van der Waals surface area contributed by atoms with E-state index in [1.807, 2.05) is 62.4 Å². The number of nitrogens with zero attached hydrogens (tertiary/aromatic N) is 3. The molecule has 148 valence electrons. The maximum Gasteiger partial charge on any atom is 0.194 e. The van der Waals surface area contributed by atoms with Crippen LogP contribution in [0.3, 0.4) is 0 Å². The molecule has 0 spiro atoms. The Morgan fingerprint density at radius 1 is 1.37 bits per heavy atom. The van der Waals surface area contributed by atoms with Crippen LogP contribution >= 0.6 is 15.9 Å². The first-order valence-corrected chi connectivity index (χ1v) is 9.88. The average Bonchev–Trinajstić information content (AvgIpc) is 2.96. The molecule has 0 fully saturated rings. The van der Waals surface area contributed by atoms with Crippen LogP contribution in [0, 0.1) is 0 Å². The molecule has 0 aliphatic carbocycles. The van der Waals surface area contributed by atoms with Crippen LogP contribution in [0.2, 0.25) is 0 Å². The number of rotatable bonds is 9. The summed E-state index contributed by atoms with van der Waals surface area (Å²) in [5.41, 5.74) is 2.26. The third-order valence-corrected chi connectivity index (χ3v) is 4.48. The third-order valence-electron chi connectivity index (χ3n) is 4.04. The van der Waals surface area contributed by atoms with Crippen LogP contribution < -0.4 is 5.32 Å². The quantitative estimate of drug-likeness (QED) is 0.468. The summed E-state index contributed by atoms with van der Waals surface area (Å²) in [4.78, 5) is 6.60. The second-order valence-electron chi connectivity index (χ2n) is 6.47. The molecule has 1 atom stereocenters. The monoisotopic (exact) mass is 436 g/mol. The Morgan fingerprint density at radius 2 is 2.11 bits per heavy atom. The van der Waals surface area contributed by atoms with Gasteiger partial charge in [-0.25, -0.2) is 0 Å². The molecule has 0 bridgehead atoms. The largest absolute Gasteiger partial charge is 0.389 e. The number of nitrogens with one attached hydrogen (secondary N) is 1. The molecule has 2 aromatic rings. The first kappa shape index (κ1) is 21.5. The Labute approximate surface area is 170 Å². The molecule has 2 N–H and O–H groups in total. The van der Waals surface area contributed by atoms with E-state index in [4.69, 9.17) is 4.74 Å². The molecule has 0 aliphatic rings. The van der Waals surface area contributed by atoms with Crippen LogP contribution in [0.25, 0.3) is 0 Å². The standard InChI is InChI=1S/C20H29BrN4O2/c1-4-22-20(25(3)13-18-10-17(21)12-24(18)2)23-11-19(26)15-27-14-16-8-6-5-7-9-16/h5-10,12,19,26H,4,11,13-15H2,1-3H3,(H,22,23). The predicted octanol–water partition coefficient (Wildman–Crippen LogP) is 2.76. The number of aliphatic hydroxyl groups is 1. The number of ether oxygens (including phenoxy) is 1. The van der Waals surface area contributed by atoms with E-state index in [9.17, 15) is 5.11 Å². The van der Waals surface area contributed by atoms with Gasteiger partial charge < -0.3 is 24.6 Å². The van der Waals surface area contributed by atoms with Crippen LogP contribution in [-0.4, -0.2) is 53.4 Å². The number of benzene rings is 1. The first-order valence-electron chi connectivity index (χ1n) is 9.09. The SMILES string of the molecule is CCNC(=NCC(O)COCc1ccccc1)N(C)Cc1cc(Br)cn1C. The number of hydrogen-bond donors (Lipinski definition) is 2. The highest BCUT2D eigenvalue weighted by atomic mass is 79.9.